The second-order valence-corrected chi connectivity index (χ2v) is 6.69. The van der Waals surface area contributed by atoms with Crippen LogP contribution in [-0.2, 0) is 9.59 Å². The third-order valence-electron chi connectivity index (χ3n) is 4.15. The summed E-state index contributed by atoms with van der Waals surface area (Å²) in [4.78, 5) is 24.2. The van der Waals surface area contributed by atoms with Crippen molar-refractivity contribution in [3.8, 4) is 11.5 Å². The van der Waals surface area contributed by atoms with Crippen LogP contribution in [0.2, 0.25) is 5.02 Å². The lowest BCUT2D eigenvalue weighted by Crippen LogP contribution is -2.21. The molecule has 1 unspecified atom stereocenters. The van der Waals surface area contributed by atoms with Crippen molar-refractivity contribution in [3.05, 3.63) is 89.2 Å². The molecule has 3 rings (SSSR count). The van der Waals surface area contributed by atoms with Gasteiger partial charge in [-0.05, 0) is 48.0 Å². The van der Waals surface area contributed by atoms with Crippen molar-refractivity contribution in [1.82, 2.24) is 0 Å². The minimum atomic E-state index is -1.18. The highest BCUT2D eigenvalue weighted by atomic mass is 35.5. The molecule has 0 radical (unpaired) electrons. The molecule has 0 saturated heterocycles. The maximum atomic E-state index is 13.1. The standard InChI is InChI=1S/C22H17ClFNO4/c23-15-8-11-20(29-17-4-2-1-3-5-17)19(12-15)25-21(26)13-18(22(27)28)14-6-9-16(24)10-7-14/h1-12,18H,13H2,(H,25,26)(H,27,28). The lowest BCUT2D eigenvalue weighted by molar-refractivity contribution is -0.140. The van der Waals surface area contributed by atoms with E-state index in [0.29, 0.717) is 27.8 Å². The first-order valence-corrected chi connectivity index (χ1v) is 9.11. The number of hydrogen-bond donors (Lipinski definition) is 2. The van der Waals surface area contributed by atoms with Gasteiger partial charge in [-0.15, -0.1) is 0 Å². The zero-order valence-electron chi connectivity index (χ0n) is 15.1. The van der Waals surface area contributed by atoms with Crippen molar-refractivity contribution in [3.63, 3.8) is 0 Å². The molecule has 0 saturated carbocycles. The number of halogens is 2. The highest BCUT2D eigenvalue weighted by molar-refractivity contribution is 6.31. The molecule has 5 nitrogen and oxygen atoms in total. The van der Waals surface area contributed by atoms with E-state index in [9.17, 15) is 19.1 Å². The monoisotopic (exact) mass is 413 g/mol. The second-order valence-electron chi connectivity index (χ2n) is 6.25. The molecule has 3 aromatic rings. The third kappa shape index (κ3) is 5.56. The number of carboxylic acid groups (broad SMARTS) is 1. The summed E-state index contributed by atoms with van der Waals surface area (Å²) in [6.07, 6.45) is -0.335. The molecule has 7 heteroatoms. The van der Waals surface area contributed by atoms with E-state index in [4.69, 9.17) is 16.3 Å². The summed E-state index contributed by atoms with van der Waals surface area (Å²) in [6, 6.07) is 18.8. The molecule has 0 bridgehead atoms. The van der Waals surface area contributed by atoms with E-state index < -0.39 is 23.6 Å². The Hall–Kier alpha value is -3.38. The van der Waals surface area contributed by atoms with E-state index in [2.05, 4.69) is 5.32 Å². The van der Waals surface area contributed by atoms with Crippen LogP contribution in [0.15, 0.2) is 72.8 Å². The zero-order valence-corrected chi connectivity index (χ0v) is 15.9. The number of carbonyl (C=O) groups is 2. The number of carboxylic acids is 1. The number of ether oxygens (including phenoxy) is 1. The molecule has 0 heterocycles. The Bertz CT molecular complexity index is 1010. The van der Waals surface area contributed by atoms with Crippen LogP contribution in [-0.4, -0.2) is 17.0 Å². The fraction of sp³-hybridized carbons (Fsp3) is 0.0909. The van der Waals surface area contributed by atoms with Crippen LogP contribution < -0.4 is 10.1 Å². The van der Waals surface area contributed by atoms with Gasteiger partial charge in [0.1, 0.15) is 11.6 Å². The Morgan fingerprint density at radius 2 is 1.72 bits per heavy atom. The molecular weight excluding hydrogens is 397 g/mol. The topological polar surface area (TPSA) is 75.6 Å². The van der Waals surface area contributed by atoms with Crippen LogP contribution in [0, 0.1) is 5.82 Å². The van der Waals surface area contributed by atoms with Crippen molar-refractivity contribution in [1.29, 1.82) is 0 Å². The van der Waals surface area contributed by atoms with Crippen LogP contribution in [0.25, 0.3) is 0 Å². The molecule has 0 aromatic heterocycles. The van der Waals surface area contributed by atoms with Gasteiger partial charge in [0, 0.05) is 11.4 Å². The van der Waals surface area contributed by atoms with E-state index in [0.717, 1.165) is 12.1 Å². The number of carbonyl (C=O) groups excluding carboxylic acids is 1. The van der Waals surface area contributed by atoms with E-state index in [1.54, 1.807) is 24.3 Å². The average molecular weight is 414 g/mol. The number of para-hydroxylation sites is 1. The molecule has 29 heavy (non-hydrogen) atoms. The number of benzene rings is 3. The van der Waals surface area contributed by atoms with Gasteiger partial charge in [0.05, 0.1) is 11.6 Å². The van der Waals surface area contributed by atoms with Crippen molar-refractivity contribution < 1.29 is 23.8 Å². The molecule has 0 aliphatic carbocycles. The number of aliphatic carboxylic acids is 1. The Morgan fingerprint density at radius 3 is 2.38 bits per heavy atom. The number of hydrogen-bond acceptors (Lipinski definition) is 3. The second kappa shape index (κ2) is 9.21. The molecule has 0 aliphatic rings. The summed E-state index contributed by atoms with van der Waals surface area (Å²) in [5, 5.41) is 12.5. The molecule has 1 atom stereocenters. The summed E-state index contributed by atoms with van der Waals surface area (Å²) in [7, 11) is 0. The maximum absolute atomic E-state index is 13.1. The van der Waals surface area contributed by atoms with Gasteiger partial charge >= 0.3 is 5.97 Å². The molecule has 1 amide bonds. The van der Waals surface area contributed by atoms with Crippen molar-refractivity contribution in [2.45, 2.75) is 12.3 Å². The van der Waals surface area contributed by atoms with Crippen LogP contribution in [0.1, 0.15) is 17.9 Å². The van der Waals surface area contributed by atoms with Crippen LogP contribution in [0.3, 0.4) is 0 Å². The van der Waals surface area contributed by atoms with Gasteiger partial charge in [0.2, 0.25) is 5.91 Å². The Morgan fingerprint density at radius 1 is 1.03 bits per heavy atom. The maximum Gasteiger partial charge on any atom is 0.311 e. The van der Waals surface area contributed by atoms with Crippen molar-refractivity contribution >= 4 is 29.2 Å². The van der Waals surface area contributed by atoms with Gasteiger partial charge < -0.3 is 15.2 Å². The van der Waals surface area contributed by atoms with Crippen molar-refractivity contribution in [2.24, 2.45) is 0 Å². The minimum absolute atomic E-state index is 0.314. The molecule has 0 spiro atoms. The highest BCUT2D eigenvalue weighted by Crippen LogP contribution is 2.32. The third-order valence-corrected chi connectivity index (χ3v) is 4.38. The van der Waals surface area contributed by atoms with Crippen LogP contribution in [0.5, 0.6) is 11.5 Å². The van der Waals surface area contributed by atoms with Gasteiger partial charge in [0.15, 0.2) is 5.75 Å². The van der Waals surface area contributed by atoms with Crippen molar-refractivity contribution in [2.75, 3.05) is 5.32 Å². The summed E-state index contributed by atoms with van der Waals surface area (Å²) >= 11 is 6.03. The lowest BCUT2D eigenvalue weighted by Gasteiger charge is -2.15. The Balaban J connectivity index is 1.77. The molecule has 2 N–H and O–H groups in total. The quantitative estimate of drug-likeness (QED) is 0.538. The fourth-order valence-corrected chi connectivity index (χ4v) is 2.91. The number of nitrogens with one attached hydrogen (secondary N) is 1. The summed E-state index contributed by atoms with van der Waals surface area (Å²) in [5.41, 5.74) is 0.649. The SMILES string of the molecule is O=C(CC(C(=O)O)c1ccc(F)cc1)Nc1cc(Cl)ccc1Oc1ccccc1. The molecule has 148 valence electrons. The van der Waals surface area contributed by atoms with Gasteiger partial charge in [-0.1, -0.05) is 41.9 Å². The Labute approximate surface area is 171 Å². The van der Waals surface area contributed by atoms with E-state index in [1.807, 2.05) is 18.2 Å². The highest BCUT2D eigenvalue weighted by Gasteiger charge is 2.24. The predicted octanol–water partition coefficient (Wildman–Crippen LogP) is 5.47. The average Bonchev–Trinajstić information content (AvgIpc) is 2.70. The van der Waals surface area contributed by atoms with E-state index >= 15 is 0 Å². The Kier molecular flexibility index (Phi) is 6.46. The molecule has 0 fully saturated rings. The summed E-state index contributed by atoms with van der Waals surface area (Å²) in [5.74, 6) is -2.39. The molecule has 0 aliphatic heterocycles. The number of amides is 1. The van der Waals surface area contributed by atoms with Crippen LogP contribution >= 0.6 is 11.6 Å². The summed E-state index contributed by atoms with van der Waals surface area (Å²) in [6.45, 7) is 0. The number of rotatable bonds is 7. The first-order chi connectivity index (χ1) is 13.9. The zero-order chi connectivity index (χ0) is 20.8. The van der Waals surface area contributed by atoms with Gasteiger partial charge in [-0.2, -0.15) is 0 Å². The first-order valence-electron chi connectivity index (χ1n) is 8.73. The molecule has 3 aromatic carbocycles. The summed E-state index contributed by atoms with van der Waals surface area (Å²) < 4.78 is 18.9. The van der Waals surface area contributed by atoms with Gasteiger partial charge in [-0.25, -0.2) is 4.39 Å². The van der Waals surface area contributed by atoms with Gasteiger partial charge in [-0.3, -0.25) is 9.59 Å². The minimum Gasteiger partial charge on any atom is -0.481 e. The smallest absolute Gasteiger partial charge is 0.311 e. The van der Waals surface area contributed by atoms with E-state index in [-0.39, 0.29) is 6.42 Å². The lowest BCUT2D eigenvalue weighted by atomic mass is 9.95. The fourth-order valence-electron chi connectivity index (χ4n) is 2.73. The van der Waals surface area contributed by atoms with Crippen LogP contribution in [0.4, 0.5) is 10.1 Å². The first kappa shape index (κ1) is 20.4. The normalized spacial score (nSPS) is 11.5. The molecular formula is C22H17ClFNO4. The number of anilines is 1. The van der Waals surface area contributed by atoms with Gasteiger partial charge in [0.25, 0.3) is 0 Å². The van der Waals surface area contributed by atoms with E-state index in [1.165, 1.54) is 18.2 Å². The largest absolute Gasteiger partial charge is 0.481 e. The predicted molar refractivity (Wildman–Crippen MR) is 108 cm³/mol.